The van der Waals surface area contributed by atoms with Gasteiger partial charge in [-0.15, -0.1) is 0 Å². The van der Waals surface area contributed by atoms with Crippen LogP contribution in [0, 0.1) is 5.92 Å². The lowest BCUT2D eigenvalue weighted by molar-refractivity contribution is -0.136. The van der Waals surface area contributed by atoms with Crippen molar-refractivity contribution in [2.24, 2.45) is 5.92 Å². The molecule has 0 N–H and O–H groups in total. The van der Waals surface area contributed by atoms with Gasteiger partial charge in [0.15, 0.2) is 0 Å². The van der Waals surface area contributed by atoms with Crippen LogP contribution in [0.2, 0.25) is 5.02 Å². The summed E-state index contributed by atoms with van der Waals surface area (Å²) < 4.78 is 10.7. The van der Waals surface area contributed by atoms with E-state index in [1.54, 1.807) is 12.0 Å². The van der Waals surface area contributed by atoms with Gasteiger partial charge in [-0.1, -0.05) is 41.0 Å². The molecule has 1 amide bonds. The van der Waals surface area contributed by atoms with Crippen LogP contribution in [0.15, 0.2) is 53.1 Å². The highest BCUT2D eigenvalue weighted by Gasteiger charge is 2.29. The lowest BCUT2D eigenvalue weighted by Gasteiger charge is -2.33. The van der Waals surface area contributed by atoms with Crippen LogP contribution in [0.25, 0.3) is 11.4 Å². The summed E-state index contributed by atoms with van der Waals surface area (Å²) in [5.41, 5.74) is 1.90. The summed E-state index contributed by atoms with van der Waals surface area (Å²) in [5.74, 6) is 1.99. The first-order chi connectivity index (χ1) is 15.5. The lowest BCUT2D eigenvalue weighted by Crippen LogP contribution is -2.43. The van der Waals surface area contributed by atoms with Gasteiger partial charge < -0.3 is 14.2 Å². The number of carbonyl (C=O) groups excluding carboxylic acids is 1. The molecule has 1 atom stereocenters. The summed E-state index contributed by atoms with van der Waals surface area (Å²) in [6, 6.07) is 15.2. The fraction of sp³-hybridized carbons (Fsp3) is 0.375. The zero-order valence-electron chi connectivity index (χ0n) is 18.3. The fourth-order valence-electron chi connectivity index (χ4n) is 4.05. The molecule has 1 aromatic heterocycles. The fourth-order valence-corrected chi connectivity index (χ4v) is 4.24. The minimum Gasteiger partial charge on any atom is -0.497 e. The van der Waals surface area contributed by atoms with Gasteiger partial charge in [0.2, 0.25) is 17.6 Å². The third kappa shape index (κ3) is 5.47. The van der Waals surface area contributed by atoms with Gasteiger partial charge in [-0.25, -0.2) is 0 Å². The van der Waals surface area contributed by atoms with Crippen LogP contribution in [0.4, 0.5) is 0 Å². The van der Waals surface area contributed by atoms with E-state index in [0.717, 1.165) is 36.3 Å². The summed E-state index contributed by atoms with van der Waals surface area (Å²) in [5, 5.41) is 4.71. The van der Waals surface area contributed by atoms with E-state index >= 15 is 0 Å². The Labute approximate surface area is 192 Å². The number of ether oxygens (including phenoxy) is 1. The Morgan fingerprint density at radius 2 is 2.09 bits per heavy atom. The number of likely N-dealkylation sites (tertiary alicyclic amines) is 1. The van der Waals surface area contributed by atoms with Gasteiger partial charge in [0.1, 0.15) is 5.75 Å². The predicted molar refractivity (Wildman–Crippen MR) is 122 cm³/mol. The SMILES string of the molecule is COc1ccc(CN(C)C(=O)C2CCCN(Cc3nc(-c4cccc(Cl)c4)no3)C2)cc1. The van der Waals surface area contributed by atoms with E-state index in [1.165, 1.54) is 0 Å². The molecule has 32 heavy (non-hydrogen) atoms. The molecule has 3 aromatic rings. The number of benzene rings is 2. The van der Waals surface area contributed by atoms with Gasteiger partial charge in [0.25, 0.3) is 0 Å². The number of hydrogen-bond donors (Lipinski definition) is 0. The van der Waals surface area contributed by atoms with Gasteiger partial charge in [-0.3, -0.25) is 9.69 Å². The first-order valence-electron chi connectivity index (χ1n) is 10.7. The van der Waals surface area contributed by atoms with E-state index in [0.29, 0.717) is 36.4 Å². The molecule has 0 aliphatic carbocycles. The second kappa shape index (κ2) is 10.1. The first kappa shape index (κ1) is 22.3. The van der Waals surface area contributed by atoms with Crippen molar-refractivity contribution in [3.8, 4) is 17.1 Å². The average molecular weight is 455 g/mol. The van der Waals surface area contributed by atoms with E-state index in [2.05, 4.69) is 15.0 Å². The van der Waals surface area contributed by atoms with Gasteiger partial charge in [0.05, 0.1) is 19.6 Å². The highest BCUT2D eigenvalue weighted by atomic mass is 35.5. The van der Waals surface area contributed by atoms with Crippen LogP contribution in [0.5, 0.6) is 5.75 Å². The molecule has 168 valence electrons. The highest BCUT2D eigenvalue weighted by Crippen LogP contribution is 2.23. The van der Waals surface area contributed by atoms with Gasteiger partial charge in [-0.2, -0.15) is 4.98 Å². The number of halogens is 1. The van der Waals surface area contributed by atoms with Crippen molar-refractivity contribution < 1.29 is 14.1 Å². The summed E-state index contributed by atoms with van der Waals surface area (Å²) in [6.07, 6.45) is 1.85. The Kier molecular flexibility index (Phi) is 7.07. The molecule has 2 heterocycles. The summed E-state index contributed by atoms with van der Waals surface area (Å²) >= 11 is 6.06. The van der Waals surface area contributed by atoms with Crippen molar-refractivity contribution in [3.05, 3.63) is 65.0 Å². The van der Waals surface area contributed by atoms with E-state index in [9.17, 15) is 4.79 Å². The van der Waals surface area contributed by atoms with E-state index in [-0.39, 0.29) is 11.8 Å². The second-order valence-electron chi connectivity index (χ2n) is 8.14. The molecule has 4 rings (SSSR count). The van der Waals surface area contributed by atoms with Gasteiger partial charge in [0, 0.05) is 30.7 Å². The maximum Gasteiger partial charge on any atom is 0.241 e. The highest BCUT2D eigenvalue weighted by molar-refractivity contribution is 6.30. The number of aromatic nitrogens is 2. The lowest BCUT2D eigenvalue weighted by atomic mass is 9.96. The Bertz CT molecular complexity index is 1050. The summed E-state index contributed by atoms with van der Waals surface area (Å²) in [6.45, 7) is 2.69. The molecule has 1 aliphatic rings. The predicted octanol–water partition coefficient (Wildman–Crippen LogP) is 4.27. The normalized spacial score (nSPS) is 16.7. The molecule has 1 saturated heterocycles. The molecule has 0 spiro atoms. The molecule has 7 nitrogen and oxygen atoms in total. The van der Waals surface area contributed by atoms with E-state index in [4.69, 9.17) is 20.9 Å². The van der Waals surface area contributed by atoms with Crippen LogP contribution in [-0.4, -0.2) is 53.1 Å². The van der Waals surface area contributed by atoms with E-state index < -0.39 is 0 Å². The van der Waals surface area contributed by atoms with Gasteiger partial charge in [-0.05, 0) is 49.2 Å². The molecule has 1 unspecified atom stereocenters. The van der Waals surface area contributed by atoms with E-state index in [1.807, 2.05) is 55.6 Å². The van der Waals surface area contributed by atoms with Crippen molar-refractivity contribution in [2.45, 2.75) is 25.9 Å². The molecule has 8 heteroatoms. The van der Waals surface area contributed by atoms with Gasteiger partial charge >= 0.3 is 0 Å². The Balaban J connectivity index is 1.34. The molecule has 1 fully saturated rings. The third-order valence-electron chi connectivity index (χ3n) is 5.72. The Hall–Kier alpha value is -2.90. The molecular formula is C24H27ClN4O3. The maximum absolute atomic E-state index is 13.1. The number of carbonyl (C=O) groups is 1. The van der Waals surface area contributed by atoms with Crippen LogP contribution in [0.3, 0.4) is 0 Å². The number of piperidine rings is 1. The maximum atomic E-state index is 13.1. The number of amides is 1. The standard InChI is InChI=1S/C24H27ClN4O3/c1-28(14-17-8-10-21(31-2)11-9-17)24(30)19-6-4-12-29(15-19)16-22-26-23(27-32-22)18-5-3-7-20(25)13-18/h3,5,7-11,13,19H,4,6,12,14-16H2,1-2H3. The quantitative estimate of drug-likeness (QED) is 0.531. The monoisotopic (exact) mass is 454 g/mol. The molecule has 2 aromatic carbocycles. The van der Waals surface area contributed by atoms with Crippen molar-refractivity contribution in [1.29, 1.82) is 0 Å². The van der Waals surface area contributed by atoms with Crippen molar-refractivity contribution >= 4 is 17.5 Å². The minimum atomic E-state index is -0.0395. The third-order valence-corrected chi connectivity index (χ3v) is 5.95. The summed E-state index contributed by atoms with van der Waals surface area (Å²) in [4.78, 5) is 21.6. The molecule has 0 radical (unpaired) electrons. The molecule has 1 aliphatic heterocycles. The smallest absolute Gasteiger partial charge is 0.241 e. The van der Waals surface area contributed by atoms with Crippen LogP contribution < -0.4 is 4.74 Å². The topological polar surface area (TPSA) is 71.7 Å². The van der Waals surface area contributed by atoms with Crippen LogP contribution in [-0.2, 0) is 17.9 Å². The zero-order chi connectivity index (χ0) is 22.5. The molecular weight excluding hydrogens is 428 g/mol. The van der Waals surface area contributed by atoms with Crippen LogP contribution >= 0.6 is 11.6 Å². The number of nitrogens with zero attached hydrogens (tertiary/aromatic N) is 4. The van der Waals surface area contributed by atoms with Crippen molar-refractivity contribution in [2.75, 3.05) is 27.2 Å². The zero-order valence-corrected chi connectivity index (χ0v) is 19.1. The van der Waals surface area contributed by atoms with Crippen molar-refractivity contribution in [3.63, 3.8) is 0 Å². The molecule has 0 bridgehead atoms. The Morgan fingerprint density at radius 1 is 1.28 bits per heavy atom. The minimum absolute atomic E-state index is 0.0395. The first-order valence-corrected chi connectivity index (χ1v) is 11.1. The van der Waals surface area contributed by atoms with Crippen molar-refractivity contribution in [1.82, 2.24) is 19.9 Å². The number of hydrogen-bond acceptors (Lipinski definition) is 6. The summed E-state index contributed by atoms with van der Waals surface area (Å²) in [7, 11) is 3.51. The van der Waals surface area contributed by atoms with Crippen LogP contribution in [0.1, 0.15) is 24.3 Å². The second-order valence-corrected chi connectivity index (χ2v) is 8.58. The molecule has 0 saturated carbocycles. The average Bonchev–Trinajstić information content (AvgIpc) is 3.28. The number of rotatable bonds is 7. The Morgan fingerprint density at radius 3 is 2.84 bits per heavy atom. The largest absolute Gasteiger partial charge is 0.497 e. The number of methoxy groups -OCH3 is 1.